The maximum absolute atomic E-state index is 12.9. The van der Waals surface area contributed by atoms with Crippen molar-refractivity contribution in [3.63, 3.8) is 0 Å². The number of hydrogen-bond donors (Lipinski definition) is 1. The van der Waals surface area contributed by atoms with E-state index >= 15 is 0 Å². The van der Waals surface area contributed by atoms with E-state index in [0.29, 0.717) is 23.3 Å². The number of likely N-dealkylation sites (tertiary alicyclic amines) is 1. The Labute approximate surface area is 195 Å². The summed E-state index contributed by atoms with van der Waals surface area (Å²) in [7, 11) is 0. The molecule has 6 nitrogen and oxygen atoms in total. The van der Waals surface area contributed by atoms with Gasteiger partial charge >= 0.3 is 5.97 Å². The number of carboxylic acid groups (broad SMARTS) is 1. The third kappa shape index (κ3) is 5.19. The Hall–Kier alpha value is -2.71. The lowest BCUT2D eigenvalue weighted by Crippen LogP contribution is -2.52. The minimum Gasteiger partial charge on any atom is -0.476 e. The number of fused-ring (bicyclic) bond motifs is 1. The third-order valence-electron chi connectivity index (χ3n) is 4.70. The van der Waals surface area contributed by atoms with Crippen LogP contribution in [0, 0.1) is 5.41 Å². The number of carboxylic acids is 1. The fourth-order valence-corrected chi connectivity index (χ4v) is 4.88. The molecular formula is C24H25NO5S2. The van der Waals surface area contributed by atoms with Crippen LogP contribution in [-0.2, 0) is 14.4 Å². The minimum absolute atomic E-state index is 0.119. The van der Waals surface area contributed by atoms with Crippen LogP contribution in [0.1, 0.15) is 27.2 Å². The summed E-state index contributed by atoms with van der Waals surface area (Å²) in [5.74, 6) is -0.678. The van der Waals surface area contributed by atoms with E-state index in [1.54, 1.807) is 39.0 Å². The minimum atomic E-state index is -1.33. The molecule has 0 bridgehead atoms. The number of amides is 1. The predicted octanol–water partition coefficient (Wildman–Crippen LogP) is 5.26. The highest BCUT2D eigenvalue weighted by molar-refractivity contribution is 8.16. The number of aliphatic carboxylic acids is 1. The van der Waals surface area contributed by atoms with Crippen LogP contribution < -0.4 is 4.74 Å². The summed E-state index contributed by atoms with van der Waals surface area (Å²) in [6.07, 6.45) is 1.91. The molecule has 1 aliphatic heterocycles. The Morgan fingerprint density at radius 2 is 1.91 bits per heavy atom. The van der Waals surface area contributed by atoms with Gasteiger partial charge in [0.15, 0.2) is 10.8 Å². The molecule has 32 heavy (non-hydrogen) atoms. The summed E-state index contributed by atoms with van der Waals surface area (Å²) in [6.45, 7) is 8.91. The molecule has 168 valence electrons. The van der Waals surface area contributed by atoms with Crippen LogP contribution in [0.15, 0.2) is 65.9 Å². The highest BCUT2D eigenvalue weighted by Crippen LogP contribution is 2.40. The van der Waals surface area contributed by atoms with Crippen molar-refractivity contribution < 1.29 is 24.2 Å². The number of carbonyl (C=O) groups is 3. The molecule has 1 aliphatic rings. The molecule has 1 N–H and O–H groups in total. The van der Waals surface area contributed by atoms with Gasteiger partial charge in [0.1, 0.15) is 5.75 Å². The van der Waals surface area contributed by atoms with Crippen LogP contribution in [0.3, 0.4) is 0 Å². The highest BCUT2D eigenvalue weighted by atomic mass is 32.2. The zero-order chi connectivity index (χ0) is 23.5. The van der Waals surface area contributed by atoms with E-state index in [1.165, 1.54) is 16.7 Å². The second-order valence-corrected chi connectivity index (χ2v) is 10.4. The maximum atomic E-state index is 12.9. The SMILES string of the molecule is C=CCSC1CC(=O)N1C(C(=O)O)=C(Oc1cccc2ccccc12)SC(=O)C(C)(C)C. The Balaban J connectivity index is 2.11. The summed E-state index contributed by atoms with van der Waals surface area (Å²) in [6, 6.07) is 12.9. The van der Waals surface area contributed by atoms with Crippen LogP contribution >= 0.6 is 23.5 Å². The molecule has 2 aromatic rings. The number of ether oxygens (including phenoxy) is 1. The maximum Gasteiger partial charge on any atom is 0.357 e. The molecule has 2 aromatic carbocycles. The first-order chi connectivity index (χ1) is 15.1. The number of carbonyl (C=O) groups excluding carboxylic acids is 2. The Morgan fingerprint density at radius 3 is 2.53 bits per heavy atom. The standard InChI is InChI=1S/C24H25NO5S2/c1-5-13-31-19-14-18(26)25(19)20(21(27)28)22(32-23(29)24(2,3)4)30-17-12-8-10-15-9-6-7-11-16(15)17/h5-12,19H,1,13-14H2,2-4H3,(H,27,28). The number of β-lactam (4-membered cyclic amide) rings is 1. The van der Waals surface area contributed by atoms with Gasteiger partial charge in [0.2, 0.25) is 11.0 Å². The fraction of sp³-hybridized carbons (Fsp3) is 0.292. The molecule has 1 saturated heterocycles. The van der Waals surface area contributed by atoms with Gasteiger partial charge < -0.3 is 9.84 Å². The van der Waals surface area contributed by atoms with Gasteiger partial charge in [0.05, 0.1) is 11.8 Å². The molecule has 0 spiro atoms. The molecule has 0 aliphatic carbocycles. The lowest BCUT2D eigenvalue weighted by molar-refractivity contribution is -0.146. The molecule has 3 rings (SSSR count). The van der Waals surface area contributed by atoms with Crippen molar-refractivity contribution in [2.75, 3.05) is 5.75 Å². The summed E-state index contributed by atoms with van der Waals surface area (Å²) < 4.78 is 6.09. The van der Waals surface area contributed by atoms with Crippen LogP contribution in [0.5, 0.6) is 5.75 Å². The number of rotatable bonds is 8. The number of thioether (sulfide) groups is 2. The van der Waals surface area contributed by atoms with Gasteiger partial charge in [-0.25, -0.2) is 4.79 Å². The molecule has 0 radical (unpaired) electrons. The van der Waals surface area contributed by atoms with Crippen LogP contribution in [-0.4, -0.2) is 38.1 Å². The van der Waals surface area contributed by atoms with Crippen LogP contribution in [0.25, 0.3) is 10.8 Å². The van der Waals surface area contributed by atoms with Gasteiger partial charge in [-0.3, -0.25) is 14.5 Å². The van der Waals surface area contributed by atoms with E-state index in [9.17, 15) is 19.5 Å². The van der Waals surface area contributed by atoms with Crippen molar-refractivity contribution in [2.24, 2.45) is 5.41 Å². The molecule has 1 amide bonds. The molecule has 0 aromatic heterocycles. The summed E-state index contributed by atoms with van der Waals surface area (Å²) in [5, 5.41) is 11.0. The first kappa shape index (κ1) is 23.9. The summed E-state index contributed by atoms with van der Waals surface area (Å²) in [4.78, 5) is 38.8. The van der Waals surface area contributed by atoms with E-state index < -0.39 is 11.4 Å². The van der Waals surface area contributed by atoms with E-state index in [4.69, 9.17) is 4.74 Å². The average molecular weight is 472 g/mol. The Kier molecular flexibility index (Phi) is 7.36. The normalized spacial score (nSPS) is 16.9. The lowest BCUT2D eigenvalue weighted by atomic mass is 10.00. The summed E-state index contributed by atoms with van der Waals surface area (Å²) in [5.41, 5.74) is -1.06. The van der Waals surface area contributed by atoms with Gasteiger partial charge in [-0.15, -0.1) is 18.3 Å². The van der Waals surface area contributed by atoms with Crippen molar-refractivity contribution in [1.82, 2.24) is 4.90 Å². The van der Waals surface area contributed by atoms with Gasteiger partial charge in [-0.05, 0) is 23.2 Å². The van der Waals surface area contributed by atoms with Gasteiger partial charge in [-0.1, -0.05) is 63.2 Å². The average Bonchev–Trinajstić information content (AvgIpc) is 2.73. The van der Waals surface area contributed by atoms with E-state index in [-0.39, 0.29) is 33.6 Å². The second kappa shape index (κ2) is 9.83. The predicted molar refractivity (Wildman–Crippen MR) is 129 cm³/mol. The lowest BCUT2D eigenvalue weighted by Gasteiger charge is -2.40. The van der Waals surface area contributed by atoms with Crippen molar-refractivity contribution in [3.05, 3.63) is 65.9 Å². The first-order valence-electron chi connectivity index (χ1n) is 10.0. The second-order valence-electron chi connectivity index (χ2n) is 8.20. The molecule has 1 fully saturated rings. The van der Waals surface area contributed by atoms with Crippen molar-refractivity contribution in [3.8, 4) is 5.75 Å². The van der Waals surface area contributed by atoms with Crippen molar-refractivity contribution in [1.29, 1.82) is 0 Å². The van der Waals surface area contributed by atoms with Gasteiger partial charge in [0.25, 0.3) is 0 Å². The zero-order valence-corrected chi connectivity index (χ0v) is 19.8. The molecule has 1 atom stereocenters. The fourth-order valence-electron chi connectivity index (χ4n) is 3.00. The van der Waals surface area contributed by atoms with Crippen molar-refractivity contribution >= 4 is 51.3 Å². The monoisotopic (exact) mass is 471 g/mol. The molecule has 1 unspecified atom stereocenters. The first-order valence-corrected chi connectivity index (χ1v) is 11.9. The smallest absolute Gasteiger partial charge is 0.357 e. The zero-order valence-electron chi connectivity index (χ0n) is 18.2. The van der Waals surface area contributed by atoms with E-state index in [2.05, 4.69) is 6.58 Å². The van der Waals surface area contributed by atoms with Crippen molar-refractivity contribution in [2.45, 2.75) is 32.6 Å². The highest BCUT2D eigenvalue weighted by Gasteiger charge is 2.44. The van der Waals surface area contributed by atoms with E-state index in [1.807, 2.05) is 30.3 Å². The molecule has 1 heterocycles. The largest absolute Gasteiger partial charge is 0.476 e. The van der Waals surface area contributed by atoms with Crippen LogP contribution in [0.2, 0.25) is 0 Å². The Bertz CT molecular complexity index is 1100. The molecule has 8 heteroatoms. The third-order valence-corrected chi connectivity index (χ3v) is 7.15. The molecular weight excluding hydrogens is 446 g/mol. The number of hydrogen-bond acceptors (Lipinski definition) is 6. The number of nitrogens with zero attached hydrogens (tertiary/aromatic N) is 1. The van der Waals surface area contributed by atoms with Gasteiger partial charge in [0, 0.05) is 16.6 Å². The molecule has 0 saturated carbocycles. The number of benzene rings is 2. The summed E-state index contributed by atoms with van der Waals surface area (Å²) >= 11 is 2.12. The Morgan fingerprint density at radius 1 is 1.22 bits per heavy atom. The van der Waals surface area contributed by atoms with E-state index in [0.717, 1.165) is 10.8 Å². The van der Waals surface area contributed by atoms with Crippen LogP contribution in [0.4, 0.5) is 0 Å². The topological polar surface area (TPSA) is 83.9 Å². The quantitative estimate of drug-likeness (QED) is 0.243. The van der Waals surface area contributed by atoms with Gasteiger partial charge in [-0.2, -0.15) is 0 Å².